The van der Waals surface area contributed by atoms with Gasteiger partial charge in [0, 0.05) is 5.56 Å². The highest BCUT2D eigenvalue weighted by molar-refractivity contribution is 7.18. The van der Waals surface area contributed by atoms with Crippen LogP contribution in [0.25, 0.3) is 0 Å². The summed E-state index contributed by atoms with van der Waals surface area (Å²) in [4.78, 5) is 38.2. The van der Waals surface area contributed by atoms with E-state index in [1.165, 1.54) is 0 Å². The molecule has 1 aromatic heterocycles. The molecular formula is C24H31NO5S. The van der Waals surface area contributed by atoms with Crippen molar-refractivity contribution in [3.05, 3.63) is 51.4 Å². The Kier molecular flexibility index (Phi) is 8.01. The second-order valence-corrected chi connectivity index (χ2v) is 9.78. The van der Waals surface area contributed by atoms with Crippen LogP contribution in [0.2, 0.25) is 0 Å². The van der Waals surface area contributed by atoms with Gasteiger partial charge in [0.05, 0.1) is 18.8 Å². The summed E-state index contributed by atoms with van der Waals surface area (Å²) in [5.41, 5.74) is 2.16. The number of benzene rings is 1. The summed E-state index contributed by atoms with van der Waals surface area (Å²) in [6.45, 7) is 14.0. The van der Waals surface area contributed by atoms with E-state index < -0.39 is 11.9 Å². The smallest absolute Gasteiger partial charge is 0.348 e. The molecule has 0 saturated heterocycles. The Bertz CT molecular complexity index is 952. The number of anilines is 1. The van der Waals surface area contributed by atoms with E-state index >= 15 is 0 Å². The zero-order valence-electron chi connectivity index (χ0n) is 19.3. The lowest BCUT2D eigenvalue weighted by atomic mass is 9.87. The van der Waals surface area contributed by atoms with E-state index in [0.717, 1.165) is 16.9 Å². The molecule has 0 atom stereocenters. The minimum absolute atomic E-state index is 0.0256. The van der Waals surface area contributed by atoms with Crippen LogP contribution in [0.15, 0.2) is 24.3 Å². The fourth-order valence-corrected chi connectivity index (χ4v) is 3.93. The molecule has 1 amide bonds. The minimum Gasteiger partial charge on any atom is -0.462 e. The predicted molar refractivity (Wildman–Crippen MR) is 123 cm³/mol. The molecule has 0 aliphatic rings. The zero-order valence-corrected chi connectivity index (χ0v) is 20.1. The number of ether oxygens (including phenoxy) is 2. The Morgan fingerprint density at radius 1 is 1.03 bits per heavy atom. The Morgan fingerprint density at radius 3 is 2.16 bits per heavy atom. The number of thiophene rings is 1. The minimum atomic E-state index is -0.586. The highest BCUT2D eigenvalue weighted by Gasteiger charge is 2.28. The zero-order chi connectivity index (χ0) is 23.3. The molecule has 7 heteroatoms. The van der Waals surface area contributed by atoms with E-state index in [2.05, 4.69) is 26.1 Å². The molecule has 1 aromatic carbocycles. The van der Waals surface area contributed by atoms with E-state index in [1.807, 2.05) is 26.0 Å². The van der Waals surface area contributed by atoms with Crippen molar-refractivity contribution >= 4 is 34.2 Å². The van der Waals surface area contributed by atoms with Crippen molar-refractivity contribution < 1.29 is 23.9 Å². The van der Waals surface area contributed by atoms with Crippen molar-refractivity contribution in [2.45, 2.75) is 53.9 Å². The van der Waals surface area contributed by atoms with Gasteiger partial charge in [-0.2, -0.15) is 0 Å². The molecule has 0 saturated carbocycles. The fourth-order valence-electron chi connectivity index (χ4n) is 2.85. The van der Waals surface area contributed by atoms with Crippen molar-refractivity contribution in [2.75, 3.05) is 18.5 Å². The molecule has 6 nitrogen and oxygen atoms in total. The number of nitrogens with one attached hydrogen (secondary N) is 1. The van der Waals surface area contributed by atoms with Gasteiger partial charge in [-0.25, -0.2) is 9.59 Å². The molecule has 0 bridgehead atoms. The van der Waals surface area contributed by atoms with Crippen molar-refractivity contribution in [1.29, 1.82) is 0 Å². The van der Waals surface area contributed by atoms with Crippen molar-refractivity contribution in [1.82, 2.24) is 0 Å². The fraction of sp³-hybridized carbons (Fsp3) is 0.458. The number of esters is 2. The van der Waals surface area contributed by atoms with Crippen LogP contribution < -0.4 is 5.32 Å². The van der Waals surface area contributed by atoms with Gasteiger partial charge in [0.1, 0.15) is 9.88 Å². The van der Waals surface area contributed by atoms with Gasteiger partial charge >= 0.3 is 11.9 Å². The van der Waals surface area contributed by atoms with E-state index in [0.29, 0.717) is 11.1 Å². The topological polar surface area (TPSA) is 81.7 Å². The second-order valence-electron chi connectivity index (χ2n) is 8.75. The molecule has 1 N–H and O–H groups in total. The Balaban J connectivity index is 2.35. The molecule has 2 rings (SSSR count). The third kappa shape index (κ3) is 6.17. The molecule has 0 spiro atoms. The van der Waals surface area contributed by atoms with Gasteiger partial charge in [0.15, 0.2) is 0 Å². The van der Waals surface area contributed by atoms with Gasteiger partial charge < -0.3 is 14.8 Å². The number of carbonyl (C=O) groups excluding carboxylic acids is 3. The van der Waals surface area contributed by atoms with Crippen LogP contribution in [0.4, 0.5) is 5.00 Å². The largest absolute Gasteiger partial charge is 0.462 e. The third-order valence-electron chi connectivity index (χ3n) is 4.60. The molecular weight excluding hydrogens is 414 g/mol. The highest BCUT2D eigenvalue weighted by atomic mass is 32.1. The van der Waals surface area contributed by atoms with E-state index in [9.17, 15) is 14.4 Å². The molecule has 0 fully saturated rings. The van der Waals surface area contributed by atoms with Crippen LogP contribution in [-0.2, 0) is 14.9 Å². The monoisotopic (exact) mass is 445 g/mol. The van der Waals surface area contributed by atoms with E-state index in [4.69, 9.17) is 9.47 Å². The molecule has 0 aliphatic carbocycles. The standard InChI is InChI=1S/C24H31NO5S/c1-8-29-22(27)18-15(4)19(23(28)30-13-14(2)3)31-21(18)25-20(26)16-9-11-17(12-10-16)24(5,6)7/h9-12,14H,8,13H2,1-7H3,(H,25,26). The summed E-state index contributed by atoms with van der Waals surface area (Å²) in [5.74, 6) is -1.28. The van der Waals surface area contributed by atoms with E-state index in [1.54, 1.807) is 26.0 Å². The lowest BCUT2D eigenvalue weighted by Gasteiger charge is -2.19. The Labute approximate surface area is 187 Å². The van der Waals surface area contributed by atoms with Crippen LogP contribution in [0.1, 0.15) is 83.1 Å². The summed E-state index contributed by atoms with van der Waals surface area (Å²) in [5, 5.41) is 3.05. The number of hydrogen-bond donors (Lipinski definition) is 1. The molecule has 0 unspecified atom stereocenters. The first-order valence-corrected chi connectivity index (χ1v) is 11.2. The molecule has 0 aliphatic heterocycles. The maximum Gasteiger partial charge on any atom is 0.348 e. The van der Waals surface area contributed by atoms with Gasteiger partial charge in [-0.05, 0) is 48.4 Å². The van der Waals surface area contributed by atoms with E-state index in [-0.39, 0.29) is 45.9 Å². The number of hydrogen-bond acceptors (Lipinski definition) is 6. The Hall–Kier alpha value is -2.67. The van der Waals surface area contributed by atoms with Gasteiger partial charge in [-0.1, -0.05) is 46.8 Å². The third-order valence-corrected chi connectivity index (χ3v) is 5.79. The number of amides is 1. The second kappa shape index (κ2) is 10.1. The van der Waals surface area contributed by atoms with Gasteiger partial charge in [-0.3, -0.25) is 4.79 Å². The van der Waals surface area contributed by atoms with Gasteiger partial charge in [-0.15, -0.1) is 11.3 Å². The summed E-state index contributed by atoms with van der Waals surface area (Å²) in [7, 11) is 0. The van der Waals surface area contributed by atoms with Crippen molar-refractivity contribution in [3.8, 4) is 0 Å². The lowest BCUT2D eigenvalue weighted by Crippen LogP contribution is -2.16. The quantitative estimate of drug-likeness (QED) is 0.561. The number of rotatable bonds is 7. The molecule has 168 valence electrons. The Morgan fingerprint density at radius 2 is 1.65 bits per heavy atom. The van der Waals surface area contributed by atoms with Crippen LogP contribution in [-0.4, -0.2) is 31.1 Å². The van der Waals surface area contributed by atoms with Crippen molar-refractivity contribution in [2.24, 2.45) is 5.92 Å². The van der Waals surface area contributed by atoms with Crippen LogP contribution >= 0.6 is 11.3 Å². The molecule has 2 aromatic rings. The SMILES string of the molecule is CCOC(=O)c1c(NC(=O)c2ccc(C(C)(C)C)cc2)sc(C(=O)OCC(C)C)c1C. The first kappa shape index (κ1) is 24.6. The molecule has 1 heterocycles. The predicted octanol–water partition coefficient (Wildman–Crippen LogP) is 5.60. The average molecular weight is 446 g/mol. The molecule has 0 radical (unpaired) electrons. The normalized spacial score (nSPS) is 11.4. The molecule has 31 heavy (non-hydrogen) atoms. The van der Waals surface area contributed by atoms with Crippen LogP contribution in [0.5, 0.6) is 0 Å². The lowest BCUT2D eigenvalue weighted by molar-refractivity contribution is 0.0464. The average Bonchev–Trinajstić information content (AvgIpc) is 3.01. The number of carbonyl (C=O) groups is 3. The first-order valence-electron chi connectivity index (χ1n) is 10.3. The summed E-state index contributed by atoms with van der Waals surface area (Å²) in [6, 6.07) is 7.32. The van der Waals surface area contributed by atoms with Crippen LogP contribution in [0, 0.1) is 12.8 Å². The van der Waals surface area contributed by atoms with Gasteiger partial charge in [0.2, 0.25) is 0 Å². The summed E-state index contributed by atoms with van der Waals surface area (Å²) < 4.78 is 10.5. The maximum absolute atomic E-state index is 12.8. The highest BCUT2D eigenvalue weighted by Crippen LogP contribution is 2.35. The summed E-state index contributed by atoms with van der Waals surface area (Å²) >= 11 is 1.02. The van der Waals surface area contributed by atoms with Crippen LogP contribution in [0.3, 0.4) is 0 Å². The summed E-state index contributed by atoms with van der Waals surface area (Å²) in [6.07, 6.45) is 0. The maximum atomic E-state index is 12.8. The van der Waals surface area contributed by atoms with Crippen molar-refractivity contribution in [3.63, 3.8) is 0 Å². The van der Waals surface area contributed by atoms with Gasteiger partial charge in [0.25, 0.3) is 5.91 Å². The first-order chi connectivity index (χ1) is 14.5.